The summed E-state index contributed by atoms with van der Waals surface area (Å²) in [6.07, 6.45) is 0.538. The first-order chi connectivity index (χ1) is 10.1. The summed E-state index contributed by atoms with van der Waals surface area (Å²) in [4.78, 5) is 12.3. The van der Waals surface area contributed by atoms with Crippen molar-refractivity contribution in [3.8, 4) is 0 Å². The molecule has 0 heterocycles. The normalized spacial score (nSPS) is 12.2. The van der Waals surface area contributed by atoms with Gasteiger partial charge in [0.05, 0.1) is 6.04 Å². The molecule has 0 radical (unpaired) electrons. The molecular formula is C18H22N2O. The molecule has 0 saturated heterocycles. The summed E-state index contributed by atoms with van der Waals surface area (Å²) in [5.41, 5.74) is 9.05. The summed E-state index contributed by atoms with van der Waals surface area (Å²) in [5, 5.41) is 2.95. The third-order valence-electron chi connectivity index (χ3n) is 3.48. The van der Waals surface area contributed by atoms with Gasteiger partial charge in [0, 0.05) is 5.69 Å². The van der Waals surface area contributed by atoms with Gasteiger partial charge in [-0.1, -0.05) is 62.4 Å². The topological polar surface area (TPSA) is 55.1 Å². The number of carbonyl (C=O) groups is 1. The Hall–Kier alpha value is -2.13. The van der Waals surface area contributed by atoms with E-state index in [9.17, 15) is 4.79 Å². The molecule has 0 fully saturated rings. The first kappa shape index (κ1) is 15.3. The monoisotopic (exact) mass is 282 g/mol. The highest BCUT2D eigenvalue weighted by molar-refractivity contribution is 5.95. The van der Waals surface area contributed by atoms with Crippen molar-refractivity contribution in [3.05, 3.63) is 65.7 Å². The van der Waals surface area contributed by atoms with Crippen molar-refractivity contribution in [3.63, 3.8) is 0 Å². The van der Waals surface area contributed by atoms with Crippen LogP contribution < -0.4 is 11.1 Å². The number of benzene rings is 2. The minimum absolute atomic E-state index is 0.146. The molecule has 21 heavy (non-hydrogen) atoms. The van der Waals surface area contributed by atoms with Crippen LogP contribution in [0.5, 0.6) is 0 Å². The van der Waals surface area contributed by atoms with Gasteiger partial charge in [-0.15, -0.1) is 0 Å². The molecule has 3 heteroatoms. The maximum atomic E-state index is 12.3. The van der Waals surface area contributed by atoms with Crippen LogP contribution in [0.1, 0.15) is 30.9 Å². The van der Waals surface area contributed by atoms with Gasteiger partial charge in [-0.05, 0) is 29.5 Å². The highest BCUT2D eigenvalue weighted by Gasteiger charge is 2.16. The number of anilines is 1. The van der Waals surface area contributed by atoms with E-state index >= 15 is 0 Å². The van der Waals surface area contributed by atoms with Crippen LogP contribution in [0.25, 0.3) is 0 Å². The van der Waals surface area contributed by atoms with Crippen molar-refractivity contribution in [1.29, 1.82) is 0 Å². The third-order valence-corrected chi connectivity index (χ3v) is 3.48. The Balaban J connectivity index is 2.04. The van der Waals surface area contributed by atoms with Gasteiger partial charge in [-0.25, -0.2) is 0 Å². The van der Waals surface area contributed by atoms with Gasteiger partial charge in [-0.2, -0.15) is 0 Å². The number of nitrogens with one attached hydrogen (secondary N) is 1. The first-order valence-corrected chi connectivity index (χ1v) is 7.27. The summed E-state index contributed by atoms with van der Waals surface area (Å²) in [6.45, 7) is 4.21. The van der Waals surface area contributed by atoms with Crippen molar-refractivity contribution in [2.45, 2.75) is 32.2 Å². The fraction of sp³-hybridized carbons (Fsp3) is 0.278. The molecule has 1 amide bonds. The van der Waals surface area contributed by atoms with E-state index in [2.05, 4.69) is 19.2 Å². The molecule has 0 aliphatic carbocycles. The number of para-hydroxylation sites is 1. The van der Waals surface area contributed by atoms with Crippen LogP contribution in [0.4, 0.5) is 5.69 Å². The van der Waals surface area contributed by atoms with Crippen molar-refractivity contribution in [2.75, 3.05) is 5.32 Å². The van der Waals surface area contributed by atoms with Crippen LogP contribution in [0.2, 0.25) is 0 Å². The molecule has 0 bridgehead atoms. The molecule has 0 aromatic heterocycles. The molecule has 110 valence electrons. The number of hydrogen-bond donors (Lipinski definition) is 2. The Kier molecular flexibility index (Phi) is 5.12. The minimum Gasteiger partial charge on any atom is -0.324 e. The van der Waals surface area contributed by atoms with Crippen molar-refractivity contribution >= 4 is 11.6 Å². The maximum absolute atomic E-state index is 12.3. The zero-order valence-electron chi connectivity index (χ0n) is 12.5. The molecule has 0 saturated carbocycles. The van der Waals surface area contributed by atoms with Gasteiger partial charge in [0.15, 0.2) is 0 Å². The van der Waals surface area contributed by atoms with E-state index in [0.29, 0.717) is 12.3 Å². The lowest BCUT2D eigenvalue weighted by Crippen LogP contribution is -2.37. The Morgan fingerprint density at radius 1 is 1.05 bits per heavy atom. The molecule has 0 spiro atoms. The van der Waals surface area contributed by atoms with Gasteiger partial charge < -0.3 is 11.1 Å². The van der Waals surface area contributed by atoms with E-state index in [-0.39, 0.29) is 5.91 Å². The molecule has 0 aliphatic rings. The Morgan fingerprint density at radius 3 is 2.33 bits per heavy atom. The fourth-order valence-electron chi connectivity index (χ4n) is 2.30. The minimum atomic E-state index is -0.549. The van der Waals surface area contributed by atoms with Crippen molar-refractivity contribution in [2.24, 2.45) is 5.73 Å². The molecule has 2 rings (SSSR count). The fourth-order valence-corrected chi connectivity index (χ4v) is 2.30. The van der Waals surface area contributed by atoms with Crippen molar-refractivity contribution in [1.82, 2.24) is 0 Å². The van der Waals surface area contributed by atoms with Crippen LogP contribution in [0.15, 0.2) is 54.6 Å². The molecule has 0 aliphatic heterocycles. The summed E-state index contributed by atoms with van der Waals surface area (Å²) < 4.78 is 0. The number of hydrogen-bond acceptors (Lipinski definition) is 2. The number of nitrogens with two attached hydrogens (primary N) is 1. The SMILES string of the molecule is CC(C)c1ccccc1NC(=O)[C@@H](N)Cc1ccccc1. The quantitative estimate of drug-likeness (QED) is 0.884. The number of amides is 1. The maximum Gasteiger partial charge on any atom is 0.241 e. The summed E-state index contributed by atoms with van der Waals surface area (Å²) in [5.74, 6) is 0.207. The van der Waals surface area contributed by atoms with E-state index in [1.165, 1.54) is 0 Å². The second-order valence-corrected chi connectivity index (χ2v) is 5.53. The van der Waals surface area contributed by atoms with E-state index < -0.39 is 6.04 Å². The van der Waals surface area contributed by atoms with Crippen LogP contribution in [0.3, 0.4) is 0 Å². The number of rotatable bonds is 5. The highest BCUT2D eigenvalue weighted by atomic mass is 16.2. The van der Waals surface area contributed by atoms with E-state index in [1.54, 1.807) is 0 Å². The Labute approximate surface area is 126 Å². The predicted octanol–water partition coefficient (Wildman–Crippen LogP) is 3.32. The van der Waals surface area contributed by atoms with Gasteiger partial charge in [0.2, 0.25) is 5.91 Å². The molecule has 3 N–H and O–H groups in total. The van der Waals surface area contributed by atoms with Gasteiger partial charge in [0.25, 0.3) is 0 Å². The average molecular weight is 282 g/mol. The molecule has 2 aromatic rings. The third kappa shape index (κ3) is 4.17. The van der Waals surface area contributed by atoms with E-state index in [4.69, 9.17) is 5.73 Å². The lowest BCUT2D eigenvalue weighted by Gasteiger charge is -2.16. The zero-order chi connectivity index (χ0) is 15.2. The van der Waals surface area contributed by atoms with Crippen molar-refractivity contribution < 1.29 is 4.79 Å². The largest absolute Gasteiger partial charge is 0.324 e. The lowest BCUT2D eigenvalue weighted by atomic mass is 10.0. The second-order valence-electron chi connectivity index (χ2n) is 5.53. The summed E-state index contributed by atoms with van der Waals surface area (Å²) in [6, 6.07) is 17.1. The molecule has 3 nitrogen and oxygen atoms in total. The molecule has 2 aromatic carbocycles. The summed E-state index contributed by atoms with van der Waals surface area (Å²) >= 11 is 0. The summed E-state index contributed by atoms with van der Waals surface area (Å²) in [7, 11) is 0. The van der Waals surface area contributed by atoms with E-state index in [0.717, 1.165) is 16.8 Å². The molecule has 1 atom stereocenters. The average Bonchev–Trinajstić information content (AvgIpc) is 2.48. The van der Waals surface area contributed by atoms with Gasteiger partial charge in [-0.3, -0.25) is 4.79 Å². The van der Waals surface area contributed by atoms with Crippen LogP contribution in [0, 0.1) is 0 Å². The van der Waals surface area contributed by atoms with Crippen LogP contribution in [-0.4, -0.2) is 11.9 Å². The van der Waals surface area contributed by atoms with Crippen LogP contribution >= 0.6 is 0 Å². The lowest BCUT2D eigenvalue weighted by molar-refractivity contribution is -0.117. The molecular weight excluding hydrogens is 260 g/mol. The second kappa shape index (κ2) is 7.04. The standard InChI is InChI=1S/C18H22N2O/c1-13(2)15-10-6-7-11-17(15)20-18(21)16(19)12-14-8-4-3-5-9-14/h3-11,13,16H,12,19H2,1-2H3,(H,20,21)/t16-/m0/s1. The number of carbonyl (C=O) groups excluding carboxylic acids is 1. The highest BCUT2D eigenvalue weighted by Crippen LogP contribution is 2.23. The zero-order valence-corrected chi connectivity index (χ0v) is 12.5. The van der Waals surface area contributed by atoms with E-state index in [1.807, 2.05) is 54.6 Å². The Morgan fingerprint density at radius 2 is 1.67 bits per heavy atom. The predicted molar refractivity (Wildman–Crippen MR) is 87.3 cm³/mol. The van der Waals surface area contributed by atoms with Gasteiger partial charge in [0.1, 0.15) is 0 Å². The van der Waals surface area contributed by atoms with Gasteiger partial charge >= 0.3 is 0 Å². The Bertz CT molecular complexity index is 593. The smallest absolute Gasteiger partial charge is 0.241 e. The first-order valence-electron chi connectivity index (χ1n) is 7.27. The van der Waals surface area contributed by atoms with Crippen LogP contribution in [-0.2, 0) is 11.2 Å². The molecule has 0 unspecified atom stereocenters.